The number of hydrogen-bond acceptors (Lipinski definition) is 2. The first-order valence-corrected chi connectivity index (χ1v) is 6.41. The van der Waals surface area contributed by atoms with Crippen LogP contribution in [0.1, 0.15) is 23.3 Å². The van der Waals surface area contributed by atoms with Gasteiger partial charge in [0.05, 0.1) is 6.10 Å². The molecule has 112 valence electrons. The second kappa shape index (κ2) is 5.47. The molecule has 1 saturated carbocycles. The van der Waals surface area contributed by atoms with E-state index in [1.165, 1.54) is 23.2 Å². The number of hydrogen-bond donors (Lipinski definition) is 1. The van der Waals surface area contributed by atoms with Crippen LogP contribution in [0.15, 0.2) is 18.3 Å². The summed E-state index contributed by atoms with van der Waals surface area (Å²) in [5, 5.41) is 9.19. The summed E-state index contributed by atoms with van der Waals surface area (Å²) in [6.07, 6.45) is -2.13. The van der Waals surface area contributed by atoms with Gasteiger partial charge in [0, 0.05) is 19.8 Å². The normalized spacial score (nSPS) is 22.4. The second-order valence-corrected chi connectivity index (χ2v) is 5.31. The van der Waals surface area contributed by atoms with Crippen molar-refractivity contribution in [2.24, 2.45) is 5.92 Å². The van der Waals surface area contributed by atoms with Gasteiger partial charge in [-0.25, -0.2) is 0 Å². The zero-order valence-corrected chi connectivity index (χ0v) is 11.1. The van der Waals surface area contributed by atoms with Crippen LogP contribution in [0.4, 0.5) is 13.2 Å². The van der Waals surface area contributed by atoms with Gasteiger partial charge in [-0.3, -0.25) is 4.79 Å². The Bertz CT molecular complexity index is 478. The number of alkyl halides is 3. The van der Waals surface area contributed by atoms with Crippen LogP contribution in [0.2, 0.25) is 0 Å². The molecule has 1 amide bonds. The van der Waals surface area contributed by atoms with Crippen molar-refractivity contribution < 1.29 is 23.1 Å². The topological polar surface area (TPSA) is 45.5 Å². The average Bonchev–Trinajstić information content (AvgIpc) is 2.71. The second-order valence-electron chi connectivity index (χ2n) is 5.31. The molecule has 1 aliphatic rings. The van der Waals surface area contributed by atoms with Crippen molar-refractivity contribution in [1.82, 2.24) is 9.47 Å². The quantitative estimate of drug-likeness (QED) is 0.920. The number of amides is 1. The Morgan fingerprint density at radius 1 is 1.50 bits per heavy atom. The van der Waals surface area contributed by atoms with Gasteiger partial charge in [-0.05, 0) is 30.9 Å². The van der Waals surface area contributed by atoms with E-state index in [1.807, 2.05) is 0 Å². The van der Waals surface area contributed by atoms with Gasteiger partial charge in [-0.2, -0.15) is 13.2 Å². The molecule has 1 heterocycles. The number of aliphatic hydroxyl groups is 1. The van der Waals surface area contributed by atoms with Gasteiger partial charge in [0.2, 0.25) is 0 Å². The highest BCUT2D eigenvalue weighted by Crippen LogP contribution is 2.28. The van der Waals surface area contributed by atoms with Crippen LogP contribution in [0, 0.1) is 5.92 Å². The monoisotopic (exact) mass is 290 g/mol. The lowest BCUT2D eigenvalue weighted by atomic mass is 9.82. The molecule has 0 bridgehead atoms. The smallest absolute Gasteiger partial charge is 0.393 e. The molecule has 20 heavy (non-hydrogen) atoms. The molecule has 1 N–H and O–H groups in total. The molecular formula is C13H17F3N2O2. The van der Waals surface area contributed by atoms with E-state index < -0.39 is 18.6 Å². The van der Waals surface area contributed by atoms with Gasteiger partial charge in [0.15, 0.2) is 0 Å². The Labute approximate surface area is 114 Å². The minimum Gasteiger partial charge on any atom is -0.393 e. The first kappa shape index (κ1) is 14.9. The van der Waals surface area contributed by atoms with Crippen LogP contribution in [0.3, 0.4) is 0 Å². The SMILES string of the molecule is CN(CC1CC(O)C1)C(=O)c1cccn1CC(F)(F)F. The van der Waals surface area contributed by atoms with E-state index in [0.717, 1.165) is 4.57 Å². The average molecular weight is 290 g/mol. The molecule has 0 aliphatic heterocycles. The van der Waals surface area contributed by atoms with E-state index in [2.05, 4.69) is 0 Å². The van der Waals surface area contributed by atoms with Crippen molar-refractivity contribution in [3.63, 3.8) is 0 Å². The minimum absolute atomic E-state index is 0.0321. The summed E-state index contributed by atoms with van der Waals surface area (Å²) in [4.78, 5) is 13.6. The lowest BCUT2D eigenvalue weighted by Crippen LogP contribution is -2.40. The number of aromatic nitrogens is 1. The summed E-state index contributed by atoms with van der Waals surface area (Å²) in [5.74, 6) is -0.203. The van der Waals surface area contributed by atoms with E-state index in [0.29, 0.717) is 19.4 Å². The van der Waals surface area contributed by atoms with Gasteiger partial charge in [0.25, 0.3) is 5.91 Å². The molecule has 4 nitrogen and oxygen atoms in total. The van der Waals surface area contributed by atoms with Crippen molar-refractivity contribution in [3.05, 3.63) is 24.0 Å². The summed E-state index contributed by atoms with van der Waals surface area (Å²) in [5.41, 5.74) is 0.0321. The maximum Gasteiger partial charge on any atom is 0.406 e. The lowest BCUT2D eigenvalue weighted by Gasteiger charge is -2.34. The number of rotatable bonds is 4. The standard InChI is InChI=1S/C13H17F3N2O2/c1-17(7-9-5-10(19)6-9)12(20)11-3-2-4-18(11)8-13(14,15)16/h2-4,9-10,19H,5-8H2,1H3. The van der Waals surface area contributed by atoms with Crippen molar-refractivity contribution in [2.75, 3.05) is 13.6 Å². The molecule has 1 aromatic heterocycles. The molecule has 0 unspecified atom stereocenters. The van der Waals surface area contributed by atoms with Gasteiger partial charge >= 0.3 is 6.18 Å². The molecule has 1 aromatic rings. The summed E-state index contributed by atoms with van der Waals surface area (Å²) in [6.45, 7) is -0.718. The maximum atomic E-state index is 12.4. The molecule has 0 saturated heterocycles. The van der Waals surface area contributed by atoms with Gasteiger partial charge in [-0.15, -0.1) is 0 Å². The fraction of sp³-hybridized carbons (Fsp3) is 0.615. The number of nitrogens with zero attached hydrogens (tertiary/aromatic N) is 2. The Kier molecular flexibility index (Phi) is 4.08. The maximum absolute atomic E-state index is 12.4. The van der Waals surface area contributed by atoms with Gasteiger partial charge in [0.1, 0.15) is 12.2 Å². The fourth-order valence-electron chi connectivity index (χ4n) is 2.45. The zero-order chi connectivity index (χ0) is 14.9. The van der Waals surface area contributed by atoms with Crippen LogP contribution in [0.5, 0.6) is 0 Å². The van der Waals surface area contributed by atoms with Crippen LogP contribution < -0.4 is 0 Å². The Morgan fingerprint density at radius 2 is 2.15 bits per heavy atom. The third-order valence-electron chi connectivity index (χ3n) is 3.49. The van der Waals surface area contributed by atoms with Crippen molar-refractivity contribution in [3.8, 4) is 0 Å². The molecule has 1 aliphatic carbocycles. The Morgan fingerprint density at radius 3 is 2.70 bits per heavy atom. The van der Waals surface area contributed by atoms with E-state index in [9.17, 15) is 23.1 Å². The highest BCUT2D eigenvalue weighted by molar-refractivity contribution is 5.92. The van der Waals surface area contributed by atoms with Crippen molar-refractivity contribution in [1.29, 1.82) is 0 Å². The van der Waals surface area contributed by atoms with Crippen molar-refractivity contribution >= 4 is 5.91 Å². The molecule has 0 spiro atoms. The number of halogens is 3. The molecule has 0 atom stereocenters. The molecule has 0 aromatic carbocycles. The lowest BCUT2D eigenvalue weighted by molar-refractivity contribution is -0.140. The van der Waals surface area contributed by atoms with Crippen molar-refractivity contribution in [2.45, 2.75) is 31.7 Å². The number of carbonyl (C=O) groups is 1. The molecule has 1 fully saturated rings. The molecule has 2 rings (SSSR count). The van der Waals surface area contributed by atoms with E-state index in [4.69, 9.17) is 0 Å². The first-order valence-electron chi connectivity index (χ1n) is 6.41. The Hall–Kier alpha value is -1.50. The van der Waals surface area contributed by atoms with Gasteiger partial charge in [-0.1, -0.05) is 0 Å². The first-order chi connectivity index (χ1) is 9.26. The molecular weight excluding hydrogens is 273 g/mol. The largest absolute Gasteiger partial charge is 0.406 e. The summed E-state index contributed by atoms with van der Waals surface area (Å²) in [6, 6.07) is 2.82. The summed E-state index contributed by atoms with van der Waals surface area (Å²) in [7, 11) is 1.57. The predicted molar refractivity (Wildman–Crippen MR) is 66.2 cm³/mol. The molecule has 7 heteroatoms. The highest BCUT2D eigenvalue weighted by atomic mass is 19.4. The van der Waals surface area contributed by atoms with E-state index in [1.54, 1.807) is 7.05 Å². The third-order valence-corrected chi connectivity index (χ3v) is 3.49. The fourth-order valence-corrected chi connectivity index (χ4v) is 2.45. The van der Waals surface area contributed by atoms with Crippen LogP contribution in [-0.2, 0) is 6.54 Å². The molecule has 0 radical (unpaired) electrons. The van der Waals surface area contributed by atoms with Crippen LogP contribution >= 0.6 is 0 Å². The minimum atomic E-state index is -4.36. The summed E-state index contributed by atoms with van der Waals surface area (Å²) >= 11 is 0. The predicted octanol–water partition coefficient (Wildman–Crippen LogP) is 1.89. The zero-order valence-electron chi connectivity index (χ0n) is 11.1. The van der Waals surface area contributed by atoms with Gasteiger partial charge < -0.3 is 14.6 Å². The number of carbonyl (C=O) groups excluding carboxylic acids is 1. The van der Waals surface area contributed by atoms with E-state index >= 15 is 0 Å². The van der Waals surface area contributed by atoms with Crippen LogP contribution in [0.25, 0.3) is 0 Å². The third kappa shape index (κ3) is 3.53. The highest BCUT2D eigenvalue weighted by Gasteiger charge is 2.32. The summed E-state index contributed by atoms with van der Waals surface area (Å²) < 4.78 is 38.1. The Balaban J connectivity index is 2.00. The number of aliphatic hydroxyl groups excluding tert-OH is 1. The van der Waals surface area contributed by atoms with E-state index in [-0.39, 0.29) is 17.7 Å². The van der Waals surface area contributed by atoms with Crippen LogP contribution in [-0.4, -0.2) is 46.4 Å².